The molecule has 1 heterocycles. The van der Waals surface area contributed by atoms with Crippen molar-refractivity contribution in [2.45, 2.75) is 51.1 Å². The normalized spacial score (nSPS) is 26.4. The minimum atomic E-state index is -0.775. The Morgan fingerprint density at radius 1 is 1.00 bits per heavy atom. The van der Waals surface area contributed by atoms with Crippen LogP contribution < -0.4 is 10.6 Å². The van der Waals surface area contributed by atoms with Crippen LogP contribution in [-0.4, -0.2) is 53.1 Å². The minimum Gasteiger partial charge on any atom is -0.481 e. The maximum absolute atomic E-state index is 12.1. The van der Waals surface area contributed by atoms with Crippen LogP contribution in [-0.2, 0) is 9.59 Å². The third-order valence-electron chi connectivity index (χ3n) is 4.30. The summed E-state index contributed by atoms with van der Waals surface area (Å²) >= 11 is 0. The van der Waals surface area contributed by atoms with Gasteiger partial charge in [-0.25, -0.2) is 4.79 Å². The summed E-state index contributed by atoms with van der Waals surface area (Å²) in [6.45, 7) is 2.73. The van der Waals surface area contributed by atoms with Gasteiger partial charge in [0.25, 0.3) is 0 Å². The average Bonchev–Trinajstić information content (AvgIpc) is 2.87. The van der Waals surface area contributed by atoms with Crippen LogP contribution in [0.15, 0.2) is 0 Å². The van der Waals surface area contributed by atoms with E-state index in [1.807, 2.05) is 0 Å². The van der Waals surface area contributed by atoms with Crippen LogP contribution in [0.2, 0.25) is 0 Å². The molecule has 21 heavy (non-hydrogen) atoms. The van der Waals surface area contributed by atoms with Crippen LogP contribution in [0.3, 0.4) is 0 Å². The van der Waals surface area contributed by atoms with Crippen LogP contribution in [0.25, 0.3) is 0 Å². The first kappa shape index (κ1) is 15.6. The Morgan fingerprint density at radius 2 is 1.67 bits per heavy atom. The molecule has 1 saturated heterocycles. The van der Waals surface area contributed by atoms with Gasteiger partial charge in [0.05, 0.1) is 5.92 Å². The van der Waals surface area contributed by atoms with E-state index in [-0.39, 0.29) is 29.9 Å². The van der Waals surface area contributed by atoms with Gasteiger partial charge in [-0.3, -0.25) is 9.59 Å². The van der Waals surface area contributed by atoms with E-state index in [0.717, 1.165) is 19.3 Å². The van der Waals surface area contributed by atoms with E-state index >= 15 is 0 Å². The molecule has 2 unspecified atom stereocenters. The number of likely N-dealkylation sites (tertiary alicyclic amines) is 1. The molecule has 7 nitrogen and oxygen atoms in total. The lowest BCUT2D eigenvalue weighted by Crippen LogP contribution is -2.50. The van der Waals surface area contributed by atoms with Crippen LogP contribution in [0.1, 0.15) is 39.0 Å². The highest BCUT2D eigenvalue weighted by Gasteiger charge is 2.32. The van der Waals surface area contributed by atoms with Gasteiger partial charge in [-0.15, -0.1) is 0 Å². The Hall–Kier alpha value is -1.79. The highest BCUT2D eigenvalue weighted by Crippen LogP contribution is 2.26. The second kappa shape index (κ2) is 6.78. The summed E-state index contributed by atoms with van der Waals surface area (Å²) in [5.74, 6) is -1.15. The number of nitrogens with zero attached hydrogens (tertiary/aromatic N) is 1. The number of carbonyl (C=O) groups is 3. The number of amides is 3. The van der Waals surface area contributed by atoms with Crippen LogP contribution in [0, 0.1) is 5.92 Å². The van der Waals surface area contributed by atoms with E-state index in [0.29, 0.717) is 25.9 Å². The molecule has 118 valence electrons. The summed E-state index contributed by atoms with van der Waals surface area (Å²) in [4.78, 5) is 35.8. The van der Waals surface area contributed by atoms with Crippen molar-refractivity contribution in [3.8, 4) is 0 Å². The van der Waals surface area contributed by atoms with Crippen LogP contribution in [0.5, 0.6) is 0 Å². The zero-order valence-corrected chi connectivity index (χ0v) is 12.3. The molecule has 0 aromatic heterocycles. The van der Waals surface area contributed by atoms with E-state index in [1.54, 1.807) is 4.90 Å². The van der Waals surface area contributed by atoms with E-state index in [4.69, 9.17) is 5.11 Å². The summed E-state index contributed by atoms with van der Waals surface area (Å²) in [6.07, 6.45) is 3.39. The molecule has 1 aliphatic heterocycles. The molecule has 2 fully saturated rings. The van der Waals surface area contributed by atoms with E-state index < -0.39 is 5.97 Å². The van der Waals surface area contributed by atoms with Crippen LogP contribution >= 0.6 is 0 Å². The zero-order chi connectivity index (χ0) is 15.4. The lowest BCUT2D eigenvalue weighted by molar-refractivity contribution is -0.141. The molecule has 1 aliphatic carbocycles. The SMILES string of the molecule is CC(=O)NC1CCN(C(=O)NC2CCC(C(=O)O)C2)CC1. The first-order valence-corrected chi connectivity index (χ1v) is 7.51. The molecular weight excluding hydrogens is 274 g/mol. The second-order valence-corrected chi connectivity index (χ2v) is 5.96. The van der Waals surface area contributed by atoms with Crippen molar-refractivity contribution in [1.29, 1.82) is 0 Å². The number of aliphatic carboxylic acids is 1. The largest absolute Gasteiger partial charge is 0.481 e. The number of carboxylic acids is 1. The predicted octanol–water partition coefficient (Wildman–Crippen LogP) is 0.550. The molecule has 2 atom stereocenters. The molecule has 0 aromatic rings. The molecular formula is C14H23N3O4. The summed E-state index contributed by atoms with van der Waals surface area (Å²) in [6, 6.07) is -0.00611. The van der Waals surface area contributed by atoms with E-state index in [2.05, 4.69) is 10.6 Å². The molecule has 0 bridgehead atoms. The molecule has 0 spiro atoms. The van der Waals surface area contributed by atoms with Gasteiger partial charge in [-0.05, 0) is 32.1 Å². The second-order valence-electron chi connectivity index (χ2n) is 5.96. The molecule has 7 heteroatoms. The maximum atomic E-state index is 12.1. The standard InChI is InChI=1S/C14H23N3O4/c1-9(18)15-11-4-6-17(7-5-11)14(21)16-12-3-2-10(8-12)13(19)20/h10-12H,2-8H2,1H3,(H,15,18)(H,16,21)(H,19,20). The molecule has 0 radical (unpaired) electrons. The fourth-order valence-corrected chi connectivity index (χ4v) is 3.12. The fourth-order valence-electron chi connectivity index (χ4n) is 3.12. The first-order chi connectivity index (χ1) is 9.95. The molecule has 1 saturated carbocycles. The number of urea groups is 1. The van der Waals surface area contributed by atoms with Gasteiger partial charge < -0.3 is 20.6 Å². The van der Waals surface area contributed by atoms with Crippen LogP contribution in [0.4, 0.5) is 4.79 Å². The average molecular weight is 297 g/mol. The highest BCUT2D eigenvalue weighted by atomic mass is 16.4. The van der Waals surface area contributed by atoms with Crippen molar-refractivity contribution in [2.24, 2.45) is 5.92 Å². The van der Waals surface area contributed by atoms with Gasteiger partial charge in [-0.1, -0.05) is 0 Å². The summed E-state index contributed by atoms with van der Waals surface area (Å²) in [7, 11) is 0. The summed E-state index contributed by atoms with van der Waals surface area (Å²) < 4.78 is 0. The third kappa shape index (κ3) is 4.34. The number of piperidine rings is 1. The number of carbonyl (C=O) groups excluding carboxylic acids is 2. The zero-order valence-electron chi connectivity index (χ0n) is 12.3. The van der Waals surface area contributed by atoms with Crippen molar-refractivity contribution in [2.75, 3.05) is 13.1 Å². The van der Waals surface area contributed by atoms with Crippen molar-refractivity contribution >= 4 is 17.9 Å². The Bertz CT molecular complexity index is 418. The van der Waals surface area contributed by atoms with Gasteiger partial charge in [0, 0.05) is 32.1 Å². The van der Waals surface area contributed by atoms with Gasteiger partial charge in [-0.2, -0.15) is 0 Å². The molecule has 2 aliphatic rings. The Kier molecular flexibility index (Phi) is 5.03. The Labute approximate surface area is 124 Å². The van der Waals surface area contributed by atoms with Gasteiger partial charge >= 0.3 is 12.0 Å². The Morgan fingerprint density at radius 3 is 2.19 bits per heavy atom. The topological polar surface area (TPSA) is 98.7 Å². The van der Waals surface area contributed by atoms with E-state index in [1.165, 1.54) is 6.92 Å². The quantitative estimate of drug-likeness (QED) is 0.708. The third-order valence-corrected chi connectivity index (χ3v) is 4.30. The summed E-state index contributed by atoms with van der Waals surface area (Å²) in [5.41, 5.74) is 0. The monoisotopic (exact) mass is 297 g/mol. The van der Waals surface area contributed by atoms with Gasteiger partial charge in [0.2, 0.25) is 5.91 Å². The number of nitrogens with one attached hydrogen (secondary N) is 2. The molecule has 2 rings (SSSR count). The summed E-state index contributed by atoms with van der Waals surface area (Å²) in [5, 5.41) is 14.8. The van der Waals surface area contributed by atoms with Crippen molar-refractivity contribution in [3.63, 3.8) is 0 Å². The number of hydrogen-bond acceptors (Lipinski definition) is 3. The van der Waals surface area contributed by atoms with Gasteiger partial charge in [0.15, 0.2) is 0 Å². The highest BCUT2D eigenvalue weighted by molar-refractivity contribution is 5.76. The first-order valence-electron chi connectivity index (χ1n) is 7.51. The predicted molar refractivity (Wildman–Crippen MR) is 75.7 cm³/mol. The van der Waals surface area contributed by atoms with Gasteiger partial charge in [0.1, 0.15) is 0 Å². The number of hydrogen-bond donors (Lipinski definition) is 3. The number of rotatable bonds is 3. The van der Waals surface area contributed by atoms with E-state index in [9.17, 15) is 14.4 Å². The molecule has 3 amide bonds. The molecule has 0 aromatic carbocycles. The fraction of sp³-hybridized carbons (Fsp3) is 0.786. The smallest absolute Gasteiger partial charge is 0.317 e. The maximum Gasteiger partial charge on any atom is 0.317 e. The lowest BCUT2D eigenvalue weighted by Gasteiger charge is -2.33. The number of carboxylic acid groups (broad SMARTS) is 1. The van der Waals surface area contributed by atoms with Crippen molar-refractivity contribution < 1.29 is 19.5 Å². The van der Waals surface area contributed by atoms with Crippen molar-refractivity contribution in [1.82, 2.24) is 15.5 Å². The minimum absolute atomic E-state index is 0.0355. The van der Waals surface area contributed by atoms with Crippen molar-refractivity contribution in [3.05, 3.63) is 0 Å². The Balaban J connectivity index is 1.73. The molecule has 3 N–H and O–H groups in total. The lowest BCUT2D eigenvalue weighted by atomic mass is 10.1.